The Morgan fingerprint density at radius 3 is 2.92 bits per heavy atom. The summed E-state index contributed by atoms with van der Waals surface area (Å²) in [5.74, 6) is -0.0578. The van der Waals surface area contributed by atoms with Gasteiger partial charge in [-0.05, 0) is 25.5 Å². The molecule has 1 atom stereocenters. The van der Waals surface area contributed by atoms with Crippen LogP contribution in [-0.2, 0) is 18.4 Å². The van der Waals surface area contributed by atoms with Crippen LogP contribution >= 0.6 is 0 Å². The standard InChI is InChI=1S/C17H23N5O2/c1-11-4-5-16-14(8-11)15(20-21(16)3)9-18-17(24)22-7-6-13(10-22)19-12(2)23/h4-5,8,13H,6-7,9-10H2,1-3H3,(H,18,24)(H,19,23)/t13-/m0/s1. The number of rotatable bonds is 3. The number of hydrogen-bond acceptors (Lipinski definition) is 3. The average molecular weight is 329 g/mol. The van der Waals surface area contributed by atoms with Crippen molar-refractivity contribution in [2.24, 2.45) is 7.05 Å². The maximum atomic E-state index is 12.3. The Morgan fingerprint density at radius 1 is 1.38 bits per heavy atom. The summed E-state index contributed by atoms with van der Waals surface area (Å²) >= 11 is 0. The Labute approximate surface area is 141 Å². The Bertz CT molecular complexity index is 783. The second-order valence-corrected chi connectivity index (χ2v) is 6.38. The number of hydrogen-bond donors (Lipinski definition) is 2. The first-order valence-corrected chi connectivity index (χ1v) is 8.16. The van der Waals surface area contributed by atoms with Gasteiger partial charge in [-0.15, -0.1) is 0 Å². The topological polar surface area (TPSA) is 79.3 Å². The molecule has 0 unspecified atom stereocenters. The quantitative estimate of drug-likeness (QED) is 0.891. The van der Waals surface area contributed by atoms with Gasteiger partial charge in [0.2, 0.25) is 5.91 Å². The smallest absolute Gasteiger partial charge is 0.317 e. The fourth-order valence-corrected chi connectivity index (χ4v) is 3.20. The molecule has 1 aliphatic heterocycles. The van der Waals surface area contributed by atoms with Crippen molar-refractivity contribution < 1.29 is 9.59 Å². The van der Waals surface area contributed by atoms with E-state index in [-0.39, 0.29) is 18.0 Å². The molecule has 0 aliphatic carbocycles. The van der Waals surface area contributed by atoms with Gasteiger partial charge in [-0.25, -0.2) is 4.79 Å². The average Bonchev–Trinajstić information content (AvgIpc) is 3.09. The van der Waals surface area contributed by atoms with Crippen molar-refractivity contribution in [3.63, 3.8) is 0 Å². The van der Waals surface area contributed by atoms with Crippen LogP contribution in [0.2, 0.25) is 0 Å². The molecule has 1 aliphatic rings. The van der Waals surface area contributed by atoms with Gasteiger partial charge in [0, 0.05) is 38.5 Å². The van der Waals surface area contributed by atoms with E-state index in [9.17, 15) is 9.59 Å². The van der Waals surface area contributed by atoms with Crippen LogP contribution in [0.15, 0.2) is 18.2 Å². The molecule has 2 aromatic rings. The number of urea groups is 1. The summed E-state index contributed by atoms with van der Waals surface area (Å²) in [6.07, 6.45) is 0.790. The molecule has 0 bridgehead atoms. The highest BCUT2D eigenvalue weighted by atomic mass is 16.2. The summed E-state index contributed by atoms with van der Waals surface area (Å²) in [4.78, 5) is 25.2. The molecule has 3 amide bonds. The van der Waals surface area contributed by atoms with Gasteiger partial charge in [0.25, 0.3) is 0 Å². The summed E-state index contributed by atoms with van der Waals surface area (Å²) < 4.78 is 1.83. The van der Waals surface area contributed by atoms with Gasteiger partial charge in [-0.2, -0.15) is 5.10 Å². The molecule has 1 saturated heterocycles. The minimum atomic E-state index is -0.116. The number of benzene rings is 1. The monoisotopic (exact) mass is 329 g/mol. The molecule has 2 N–H and O–H groups in total. The summed E-state index contributed by atoms with van der Waals surface area (Å²) in [6, 6.07) is 6.12. The highest BCUT2D eigenvalue weighted by molar-refractivity contribution is 5.83. The highest BCUT2D eigenvalue weighted by Crippen LogP contribution is 2.19. The molecule has 24 heavy (non-hydrogen) atoms. The van der Waals surface area contributed by atoms with E-state index in [1.807, 2.05) is 24.7 Å². The fraction of sp³-hybridized carbons (Fsp3) is 0.471. The zero-order valence-corrected chi connectivity index (χ0v) is 14.3. The lowest BCUT2D eigenvalue weighted by Crippen LogP contribution is -2.41. The fourth-order valence-electron chi connectivity index (χ4n) is 3.20. The maximum Gasteiger partial charge on any atom is 0.317 e. The number of nitrogens with zero attached hydrogens (tertiary/aromatic N) is 3. The Kier molecular flexibility index (Phi) is 4.42. The predicted molar refractivity (Wildman–Crippen MR) is 91.5 cm³/mol. The number of nitrogens with one attached hydrogen (secondary N) is 2. The lowest BCUT2D eigenvalue weighted by Gasteiger charge is -2.17. The second-order valence-electron chi connectivity index (χ2n) is 6.38. The van der Waals surface area contributed by atoms with E-state index in [2.05, 4.69) is 27.9 Å². The Balaban J connectivity index is 1.63. The first-order valence-electron chi connectivity index (χ1n) is 8.16. The SMILES string of the molecule is CC(=O)N[C@H]1CCN(C(=O)NCc2nn(C)c3ccc(C)cc23)C1. The zero-order valence-electron chi connectivity index (χ0n) is 14.3. The van der Waals surface area contributed by atoms with Crippen LogP contribution < -0.4 is 10.6 Å². The van der Waals surface area contributed by atoms with Crippen LogP contribution in [0.5, 0.6) is 0 Å². The van der Waals surface area contributed by atoms with Crippen molar-refractivity contribution in [2.45, 2.75) is 32.9 Å². The lowest BCUT2D eigenvalue weighted by atomic mass is 10.1. The predicted octanol–water partition coefficient (Wildman–Crippen LogP) is 1.30. The van der Waals surface area contributed by atoms with Crippen molar-refractivity contribution in [2.75, 3.05) is 13.1 Å². The van der Waals surface area contributed by atoms with Crippen LogP contribution in [0.25, 0.3) is 10.9 Å². The molecule has 3 rings (SSSR count). The van der Waals surface area contributed by atoms with Gasteiger partial charge < -0.3 is 15.5 Å². The van der Waals surface area contributed by atoms with Crippen LogP contribution in [0, 0.1) is 6.92 Å². The van der Waals surface area contributed by atoms with Crippen molar-refractivity contribution in [1.82, 2.24) is 25.3 Å². The molecule has 0 saturated carbocycles. The van der Waals surface area contributed by atoms with Crippen molar-refractivity contribution in [3.05, 3.63) is 29.5 Å². The van der Waals surface area contributed by atoms with E-state index in [1.165, 1.54) is 12.5 Å². The molecular weight excluding hydrogens is 306 g/mol. The van der Waals surface area contributed by atoms with Crippen molar-refractivity contribution in [3.8, 4) is 0 Å². The van der Waals surface area contributed by atoms with Crippen LogP contribution in [0.3, 0.4) is 0 Å². The van der Waals surface area contributed by atoms with E-state index in [0.29, 0.717) is 19.6 Å². The van der Waals surface area contributed by atoms with E-state index in [4.69, 9.17) is 0 Å². The van der Waals surface area contributed by atoms with E-state index in [1.54, 1.807) is 4.90 Å². The Hall–Kier alpha value is -2.57. The first kappa shape index (κ1) is 16.3. The van der Waals surface area contributed by atoms with Gasteiger partial charge in [0.15, 0.2) is 0 Å². The van der Waals surface area contributed by atoms with Gasteiger partial charge in [0.05, 0.1) is 17.8 Å². The van der Waals surface area contributed by atoms with Crippen LogP contribution in [-0.4, -0.2) is 45.8 Å². The summed E-state index contributed by atoms with van der Waals surface area (Å²) in [6.45, 7) is 5.13. The molecule has 7 nitrogen and oxygen atoms in total. The zero-order chi connectivity index (χ0) is 17.3. The summed E-state index contributed by atoms with van der Waals surface area (Å²) in [5, 5.41) is 11.4. The first-order chi connectivity index (χ1) is 11.4. The molecule has 0 spiro atoms. The molecule has 0 radical (unpaired) electrons. The third-order valence-corrected chi connectivity index (χ3v) is 4.37. The second kappa shape index (κ2) is 6.51. The normalized spacial score (nSPS) is 17.3. The molecule has 2 heterocycles. The number of carbonyl (C=O) groups excluding carboxylic acids is 2. The Morgan fingerprint density at radius 2 is 2.17 bits per heavy atom. The number of carbonyl (C=O) groups is 2. The maximum absolute atomic E-state index is 12.3. The number of likely N-dealkylation sites (tertiary alicyclic amines) is 1. The van der Waals surface area contributed by atoms with Gasteiger partial charge in [-0.1, -0.05) is 11.6 Å². The number of fused-ring (bicyclic) bond motifs is 1. The molecular formula is C17H23N5O2. The number of aryl methyl sites for hydroxylation is 2. The third-order valence-electron chi connectivity index (χ3n) is 4.37. The highest BCUT2D eigenvalue weighted by Gasteiger charge is 2.26. The van der Waals surface area contributed by atoms with Crippen molar-refractivity contribution >= 4 is 22.8 Å². The molecule has 128 valence electrons. The van der Waals surface area contributed by atoms with Crippen molar-refractivity contribution in [1.29, 1.82) is 0 Å². The summed E-state index contributed by atoms with van der Waals surface area (Å²) in [5.41, 5.74) is 3.08. The van der Waals surface area contributed by atoms with E-state index in [0.717, 1.165) is 23.0 Å². The number of amides is 3. The minimum Gasteiger partial charge on any atom is -0.352 e. The lowest BCUT2D eigenvalue weighted by molar-refractivity contribution is -0.119. The largest absolute Gasteiger partial charge is 0.352 e. The minimum absolute atomic E-state index is 0.0478. The van der Waals surface area contributed by atoms with Gasteiger partial charge in [0.1, 0.15) is 0 Å². The number of aromatic nitrogens is 2. The van der Waals surface area contributed by atoms with E-state index >= 15 is 0 Å². The molecule has 1 aromatic heterocycles. The third kappa shape index (κ3) is 3.34. The summed E-state index contributed by atoms with van der Waals surface area (Å²) in [7, 11) is 1.90. The van der Waals surface area contributed by atoms with E-state index < -0.39 is 0 Å². The molecule has 1 fully saturated rings. The van der Waals surface area contributed by atoms with Crippen LogP contribution in [0.1, 0.15) is 24.6 Å². The van der Waals surface area contributed by atoms with Gasteiger partial charge >= 0.3 is 6.03 Å². The van der Waals surface area contributed by atoms with Crippen LogP contribution in [0.4, 0.5) is 4.79 Å². The van der Waals surface area contributed by atoms with Gasteiger partial charge in [-0.3, -0.25) is 9.48 Å². The molecule has 1 aromatic carbocycles. The molecule has 7 heteroatoms.